The lowest BCUT2D eigenvalue weighted by molar-refractivity contribution is 0.587. The summed E-state index contributed by atoms with van der Waals surface area (Å²) in [6.07, 6.45) is 0. The van der Waals surface area contributed by atoms with Crippen molar-refractivity contribution < 1.29 is 4.57 Å². The number of halogens is 4. The fourth-order valence-electron chi connectivity index (χ4n) is 0.742. The topological polar surface area (TPSA) is 29.1 Å². The van der Waals surface area contributed by atoms with Gasteiger partial charge in [0, 0.05) is 5.69 Å². The molecule has 0 unspecified atom stereocenters. The van der Waals surface area contributed by atoms with Crippen molar-refractivity contribution in [2.75, 3.05) is 5.09 Å². The third-order valence-electron chi connectivity index (χ3n) is 1.37. The quantitative estimate of drug-likeness (QED) is 0.623. The van der Waals surface area contributed by atoms with E-state index in [9.17, 15) is 4.57 Å². The summed E-state index contributed by atoms with van der Waals surface area (Å²) in [4.78, 5) is 0. The maximum atomic E-state index is 11.7. The zero-order chi connectivity index (χ0) is 10.8. The third-order valence-corrected chi connectivity index (χ3v) is 6.51. The van der Waals surface area contributed by atoms with Crippen LogP contribution in [0, 0.1) is 0 Å². The van der Waals surface area contributed by atoms with Gasteiger partial charge < -0.3 is 5.09 Å². The van der Waals surface area contributed by atoms with Crippen molar-refractivity contribution in [3.05, 3.63) is 30.3 Å². The Kier molecular flexibility index (Phi) is 4.02. The zero-order valence-corrected chi connectivity index (χ0v) is 10.7. The normalized spacial score (nSPS) is 16.0. The predicted octanol–water partition coefficient (Wildman–Crippen LogP) is 4.86. The van der Waals surface area contributed by atoms with Crippen molar-refractivity contribution in [3.63, 3.8) is 0 Å². The molecule has 0 aliphatic carbocycles. The summed E-state index contributed by atoms with van der Waals surface area (Å²) in [6, 6.07) is 8.64. The molecule has 78 valence electrons. The van der Waals surface area contributed by atoms with E-state index < -0.39 is 10.2 Å². The van der Waals surface area contributed by atoms with Crippen LogP contribution in [0.5, 0.6) is 0 Å². The van der Waals surface area contributed by atoms with Crippen molar-refractivity contribution >= 4 is 58.4 Å². The highest BCUT2D eigenvalue weighted by Gasteiger charge is 2.42. The number of alkyl halides is 3. The number of rotatable bonds is 2. The molecule has 1 atom stereocenters. The standard InChI is InChI=1S/C7H6Cl4NOP/c8-7(9,10)14(11,13)12-6-4-2-1-3-5-6/h1-5H,(H,12,13)/t14-/m0/s1. The fraction of sp³-hybridized carbons (Fsp3) is 0.143. The van der Waals surface area contributed by atoms with Crippen molar-refractivity contribution in [2.24, 2.45) is 0 Å². The summed E-state index contributed by atoms with van der Waals surface area (Å²) >= 11 is 21.9. The molecule has 0 fully saturated rings. The van der Waals surface area contributed by atoms with Gasteiger partial charge in [-0.15, -0.1) is 0 Å². The van der Waals surface area contributed by atoms with Crippen LogP contribution in [0.15, 0.2) is 30.3 Å². The zero-order valence-electron chi connectivity index (χ0n) is 6.75. The van der Waals surface area contributed by atoms with E-state index in [1.807, 2.05) is 0 Å². The fourth-order valence-corrected chi connectivity index (χ4v) is 2.02. The first kappa shape index (κ1) is 12.5. The Labute approximate surface area is 102 Å². The summed E-state index contributed by atoms with van der Waals surface area (Å²) in [6.45, 7) is -3.58. The van der Waals surface area contributed by atoms with Crippen LogP contribution in [0.4, 0.5) is 5.69 Å². The lowest BCUT2D eigenvalue weighted by Gasteiger charge is -2.20. The van der Waals surface area contributed by atoms with E-state index in [4.69, 9.17) is 46.0 Å². The molecule has 7 heteroatoms. The molecule has 0 aliphatic heterocycles. The molecule has 0 heterocycles. The van der Waals surface area contributed by atoms with Crippen LogP contribution in [-0.2, 0) is 4.57 Å². The summed E-state index contributed by atoms with van der Waals surface area (Å²) < 4.78 is 9.64. The molecule has 2 nitrogen and oxygen atoms in total. The monoisotopic (exact) mass is 291 g/mol. The molecule has 0 aliphatic rings. The third kappa shape index (κ3) is 3.22. The van der Waals surface area contributed by atoms with Gasteiger partial charge in [-0.25, -0.2) is 0 Å². The maximum absolute atomic E-state index is 11.7. The van der Waals surface area contributed by atoms with Gasteiger partial charge >= 0.3 is 6.65 Å². The van der Waals surface area contributed by atoms with Gasteiger partial charge in [0.25, 0.3) is 3.53 Å². The molecule has 0 saturated carbocycles. The Morgan fingerprint density at radius 1 is 1.14 bits per heavy atom. The van der Waals surface area contributed by atoms with Crippen molar-refractivity contribution in [2.45, 2.75) is 3.53 Å². The van der Waals surface area contributed by atoms with Crippen LogP contribution in [0.1, 0.15) is 0 Å². The smallest absolute Gasteiger partial charge is 0.305 e. The minimum absolute atomic E-state index is 0.539. The summed E-state index contributed by atoms with van der Waals surface area (Å²) in [7, 11) is 0. The molecule has 0 amide bonds. The van der Waals surface area contributed by atoms with E-state index in [-0.39, 0.29) is 0 Å². The van der Waals surface area contributed by atoms with Gasteiger partial charge in [0.2, 0.25) is 0 Å². The lowest BCUT2D eigenvalue weighted by Crippen LogP contribution is -2.06. The number of nitrogens with one attached hydrogen (secondary N) is 1. The van der Waals surface area contributed by atoms with E-state index in [2.05, 4.69) is 5.09 Å². The van der Waals surface area contributed by atoms with Crippen molar-refractivity contribution in [3.8, 4) is 0 Å². The number of hydrogen-bond donors (Lipinski definition) is 1. The maximum Gasteiger partial charge on any atom is 0.305 e. The molecule has 1 aromatic rings. The SMILES string of the molecule is O=[P@@](Cl)(Nc1ccccc1)C(Cl)(Cl)Cl. The molecule has 0 bridgehead atoms. The highest BCUT2D eigenvalue weighted by atomic mass is 35.7. The second-order valence-corrected chi connectivity index (χ2v) is 8.94. The van der Waals surface area contributed by atoms with E-state index in [0.717, 1.165) is 0 Å². The molecule has 0 spiro atoms. The highest BCUT2D eigenvalue weighted by Crippen LogP contribution is 2.68. The van der Waals surface area contributed by atoms with Gasteiger partial charge in [-0.2, -0.15) is 0 Å². The van der Waals surface area contributed by atoms with Crippen LogP contribution >= 0.6 is 52.7 Å². The van der Waals surface area contributed by atoms with Gasteiger partial charge in [0.05, 0.1) is 0 Å². The molecule has 0 saturated heterocycles. The summed E-state index contributed by atoms with van der Waals surface area (Å²) in [5.41, 5.74) is 0.539. The van der Waals surface area contributed by atoms with Crippen LogP contribution in [-0.4, -0.2) is 3.53 Å². The van der Waals surface area contributed by atoms with E-state index >= 15 is 0 Å². The van der Waals surface area contributed by atoms with Crippen LogP contribution in [0.2, 0.25) is 0 Å². The van der Waals surface area contributed by atoms with Crippen LogP contribution in [0.3, 0.4) is 0 Å². The van der Waals surface area contributed by atoms with E-state index in [0.29, 0.717) is 5.69 Å². The van der Waals surface area contributed by atoms with Crippen molar-refractivity contribution in [1.29, 1.82) is 0 Å². The first-order valence-corrected chi connectivity index (χ1v) is 7.27. The minimum Gasteiger partial charge on any atom is -0.321 e. The number of anilines is 1. The largest absolute Gasteiger partial charge is 0.321 e. The molecule has 1 aromatic carbocycles. The Hall–Kier alpha value is 0.410. The molecule has 1 N–H and O–H groups in total. The average Bonchev–Trinajstić information content (AvgIpc) is 2.03. The Bertz CT molecular complexity index is 350. The first-order chi connectivity index (χ1) is 6.33. The highest BCUT2D eigenvalue weighted by molar-refractivity contribution is 7.95. The van der Waals surface area contributed by atoms with Gasteiger partial charge in [-0.3, -0.25) is 4.57 Å². The average molecular weight is 293 g/mol. The number of benzene rings is 1. The number of para-hydroxylation sites is 1. The van der Waals surface area contributed by atoms with Crippen molar-refractivity contribution in [1.82, 2.24) is 0 Å². The molecule has 1 rings (SSSR count). The van der Waals surface area contributed by atoms with E-state index in [1.54, 1.807) is 30.3 Å². The molecular formula is C7H6Cl4NOP. The van der Waals surface area contributed by atoms with Gasteiger partial charge in [-0.1, -0.05) is 53.0 Å². The van der Waals surface area contributed by atoms with Crippen LogP contribution in [0.25, 0.3) is 0 Å². The second kappa shape index (κ2) is 4.51. The molecular weight excluding hydrogens is 287 g/mol. The minimum atomic E-state index is -3.58. The Morgan fingerprint density at radius 3 is 2.07 bits per heavy atom. The summed E-state index contributed by atoms with van der Waals surface area (Å²) in [5.74, 6) is 0. The molecule has 0 aromatic heterocycles. The van der Waals surface area contributed by atoms with Crippen LogP contribution < -0.4 is 5.09 Å². The second-order valence-electron chi connectivity index (χ2n) is 2.48. The number of hydrogen-bond acceptors (Lipinski definition) is 1. The first-order valence-electron chi connectivity index (χ1n) is 3.53. The van der Waals surface area contributed by atoms with Gasteiger partial charge in [0.15, 0.2) is 0 Å². The van der Waals surface area contributed by atoms with E-state index in [1.165, 1.54) is 0 Å². The Balaban J connectivity index is 2.85. The van der Waals surface area contributed by atoms with Gasteiger partial charge in [-0.05, 0) is 23.4 Å². The van der Waals surface area contributed by atoms with Gasteiger partial charge in [0.1, 0.15) is 0 Å². The Morgan fingerprint density at radius 2 is 1.64 bits per heavy atom. The molecule has 0 radical (unpaired) electrons. The lowest BCUT2D eigenvalue weighted by atomic mass is 10.3. The molecule has 14 heavy (non-hydrogen) atoms. The predicted molar refractivity (Wildman–Crippen MR) is 63.8 cm³/mol. The summed E-state index contributed by atoms with van der Waals surface area (Å²) in [5, 5.41) is 2.48.